The average Bonchev–Trinajstić information content (AvgIpc) is 2.90. The van der Waals surface area contributed by atoms with Gasteiger partial charge in [0.2, 0.25) is 11.7 Å². The predicted molar refractivity (Wildman–Crippen MR) is 77.2 cm³/mol. The van der Waals surface area contributed by atoms with E-state index in [1.807, 2.05) is 30.3 Å². The van der Waals surface area contributed by atoms with Crippen molar-refractivity contribution in [2.45, 2.75) is 44.9 Å². The van der Waals surface area contributed by atoms with Crippen molar-refractivity contribution in [1.82, 2.24) is 10.1 Å². The summed E-state index contributed by atoms with van der Waals surface area (Å²) >= 11 is 0. The first-order valence-corrected chi connectivity index (χ1v) is 7.74. The standard InChI is InChI=1S/C17H20N2O/c1-2-13-14(17(13)10-6-7-11-17)16-18-15(19-20-16)12-8-4-3-5-9-12/h3-5,8-9,13-14H,2,6-7,10-11H2,1H3. The third-order valence-electron chi connectivity index (χ3n) is 5.37. The smallest absolute Gasteiger partial charge is 0.230 e. The molecular weight excluding hydrogens is 248 g/mol. The van der Waals surface area contributed by atoms with Crippen LogP contribution in [-0.2, 0) is 0 Å². The summed E-state index contributed by atoms with van der Waals surface area (Å²) in [6, 6.07) is 10.1. The van der Waals surface area contributed by atoms with Crippen molar-refractivity contribution in [3.05, 3.63) is 36.2 Å². The first-order chi connectivity index (χ1) is 9.85. The van der Waals surface area contributed by atoms with E-state index in [1.165, 1.54) is 32.1 Å². The minimum Gasteiger partial charge on any atom is -0.339 e. The minimum absolute atomic E-state index is 0.495. The Balaban J connectivity index is 1.63. The second-order valence-electron chi connectivity index (χ2n) is 6.25. The van der Waals surface area contributed by atoms with E-state index in [9.17, 15) is 0 Å². The highest BCUT2D eigenvalue weighted by molar-refractivity contribution is 5.53. The maximum atomic E-state index is 5.60. The van der Waals surface area contributed by atoms with Gasteiger partial charge in [-0.05, 0) is 24.2 Å². The summed E-state index contributed by atoms with van der Waals surface area (Å²) < 4.78 is 5.60. The van der Waals surface area contributed by atoms with Gasteiger partial charge in [-0.2, -0.15) is 4.98 Å². The first kappa shape index (κ1) is 12.1. The Hall–Kier alpha value is -1.64. The van der Waals surface area contributed by atoms with Gasteiger partial charge in [-0.3, -0.25) is 0 Å². The Morgan fingerprint density at radius 3 is 2.65 bits per heavy atom. The Morgan fingerprint density at radius 2 is 1.95 bits per heavy atom. The van der Waals surface area contributed by atoms with E-state index >= 15 is 0 Å². The van der Waals surface area contributed by atoms with E-state index in [1.54, 1.807) is 0 Å². The lowest BCUT2D eigenvalue weighted by Gasteiger charge is -2.05. The average molecular weight is 268 g/mol. The lowest BCUT2D eigenvalue weighted by atomic mass is 9.99. The van der Waals surface area contributed by atoms with E-state index in [0.717, 1.165) is 23.2 Å². The van der Waals surface area contributed by atoms with Crippen LogP contribution in [0.2, 0.25) is 0 Å². The molecule has 0 radical (unpaired) electrons. The van der Waals surface area contributed by atoms with E-state index in [0.29, 0.717) is 11.3 Å². The maximum Gasteiger partial charge on any atom is 0.230 e. The highest BCUT2D eigenvalue weighted by Crippen LogP contribution is 2.73. The summed E-state index contributed by atoms with van der Waals surface area (Å²) in [5, 5.41) is 4.18. The molecule has 0 bridgehead atoms. The quantitative estimate of drug-likeness (QED) is 0.827. The summed E-state index contributed by atoms with van der Waals surface area (Å²) in [5.74, 6) is 2.88. The fraction of sp³-hybridized carbons (Fsp3) is 0.529. The van der Waals surface area contributed by atoms with Crippen LogP contribution < -0.4 is 0 Å². The van der Waals surface area contributed by atoms with Crippen LogP contribution >= 0.6 is 0 Å². The van der Waals surface area contributed by atoms with Crippen LogP contribution in [0.15, 0.2) is 34.9 Å². The molecule has 3 heteroatoms. The molecule has 1 aromatic heterocycles. The fourth-order valence-electron chi connectivity index (χ4n) is 4.42. The zero-order valence-corrected chi connectivity index (χ0v) is 11.9. The van der Waals surface area contributed by atoms with Crippen molar-refractivity contribution in [3.8, 4) is 11.4 Å². The van der Waals surface area contributed by atoms with Crippen LogP contribution in [0.25, 0.3) is 11.4 Å². The third-order valence-corrected chi connectivity index (χ3v) is 5.37. The maximum absolute atomic E-state index is 5.60. The molecule has 0 N–H and O–H groups in total. The Bertz CT molecular complexity index is 598. The highest BCUT2D eigenvalue weighted by Gasteiger charge is 2.66. The fourth-order valence-corrected chi connectivity index (χ4v) is 4.42. The molecular formula is C17H20N2O. The molecule has 4 rings (SSSR count). The second-order valence-corrected chi connectivity index (χ2v) is 6.25. The molecule has 0 aliphatic heterocycles. The van der Waals surface area contributed by atoms with Gasteiger partial charge in [0.05, 0.1) is 0 Å². The van der Waals surface area contributed by atoms with Crippen molar-refractivity contribution in [1.29, 1.82) is 0 Å². The summed E-state index contributed by atoms with van der Waals surface area (Å²) in [7, 11) is 0. The van der Waals surface area contributed by atoms with Gasteiger partial charge < -0.3 is 4.52 Å². The van der Waals surface area contributed by atoms with Gasteiger partial charge in [-0.1, -0.05) is 61.7 Å². The molecule has 3 nitrogen and oxygen atoms in total. The van der Waals surface area contributed by atoms with Gasteiger partial charge in [0.15, 0.2) is 0 Å². The monoisotopic (exact) mass is 268 g/mol. The van der Waals surface area contributed by atoms with Gasteiger partial charge in [0.25, 0.3) is 0 Å². The van der Waals surface area contributed by atoms with Crippen molar-refractivity contribution in [3.63, 3.8) is 0 Å². The van der Waals surface area contributed by atoms with Gasteiger partial charge in [-0.15, -0.1) is 0 Å². The summed E-state index contributed by atoms with van der Waals surface area (Å²) in [5.41, 5.74) is 1.53. The summed E-state index contributed by atoms with van der Waals surface area (Å²) in [6.07, 6.45) is 6.66. The van der Waals surface area contributed by atoms with Gasteiger partial charge in [0.1, 0.15) is 0 Å². The lowest BCUT2D eigenvalue weighted by molar-refractivity contribution is 0.360. The van der Waals surface area contributed by atoms with Crippen molar-refractivity contribution in [2.75, 3.05) is 0 Å². The zero-order chi connectivity index (χ0) is 13.6. The van der Waals surface area contributed by atoms with Crippen molar-refractivity contribution >= 4 is 0 Å². The molecule has 1 spiro atoms. The number of hydrogen-bond donors (Lipinski definition) is 0. The molecule has 2 atom stereocenters. The Labute approximate surface area is 119 Å². The topological polar surface area (TPSA) is 38.9 Å². The number of benzene rings is 1. The Kier molecular flexibility index (Phi) is 2.69. The molecule has 2 fully saturated rings. The first-order valence-electron chi connectivity index (χ1n) is 7.74. The molecule has 2 saturated carbocycles. The molecule has 2 unspecified atom stereocenters. The number of rotatable bonds is 3. The van der Waals surface area contributed by atoms with Crippen LogP contribution in [0.4, 0.5) is 0 Å². The van der Waals surface area contributed by atoms with Crippen molar-refractivity contribution < 1.29 is 4.52 Å². The normalized spacial score (nSPS) is 27.1. The minimum atomic E-state index is 0.495. The van der Waals surface area contributed by atoms with Gasteiger partial charge in [0, 0.05) is 11.5 Å². The number of aromatic nitrogens is 2. The molecule has 104 valence electrons. The summed E-state index contributed by atoms with van der Waals surface area (Å²) in [4.78, 5) is 4.68. The van der Waals surface area contributed by atoms with Gasteiger partial charge >= 0.3 is 0 Å². The van der Waals surface area contributed by atoms with Crippen LogP contribution in [-0.4, -0.2) is 10.1 Å². The molecule has 2 aromatic rings. The lowest BCUT2D eigenvalue weighted by Crippen LogP contribution is -1.97. The van der Waals surface area contributed by atoms with Crippen LogP contribution in [0.5, 0.6) is 0 Å². The number of hydrogen-bond acceptors (Lipinski definition) is 3. The van der Waals surface area contributed by atoms with E-state index < -0.39 is 0 Å². The predicted octanol–water partition coefficient (Wildman–Crippen LogP) is 4.42. The molecule has 2 aliphatic carbocycles. The van der Waals surface area contributed by atoms with E-state index in [-0.39, 0.29) is 0 Å². The largest absolute Gasteiger partial charge is 0.339 e. The second kappa shape index (κ2) is 4.44. The van der Waals surface area contributed by atoms with Crippen molar-refractivity contribution in [2.24, 2.45) is 11.3 Å². The highest BCUT2D eigenvalue weighted by atomic mass is 16.5. The van der Waals surface area contributed by atoms with Crippen LogP contribution in [0.1, 0.15) is 50.8 Å². The molecule has 1 heterocycles. The SMILES string of the molecule is CCC1C(c2nc(-c3ccccc3)no2)C12CCCC2. The molecule has 1 aromatic carbocycles. The zero-order valence-electron chi connectivity index (χ0n) is 11.9. The summed E-state index contributed by atoms with van der Waals surface area (Å²) in [6.45, 7) is 2.29. The molecule has 0 saturated heterocycles. The Morgan fingerprint density at radius 1 is 1.20 bits per heavy atom. The van der Waals surface area contributed by atoms with E-state index in [2.05, 4.69) is 17.1 Å². The van der Waals surface area contributed by atoms with Gasteiger partial charge in [-0.25, -0.2) is 0 Å². The van der Waals surface area contributed by atoms with Crippen LogP contribution in [0.3, 0.4) is 0 Å². The van der Waals surface area contributed by atoms with Crippen LogP contribution in [0, 0.1) is 11.3 Å². The molecule has 20 heavy (non-hydrogen) atoms. The number of nitrogens with zero attached hydrogens (tertiary/aromatic N) is 2. The third kappa shape index (κ3) is 1.65. The molecule has 0 amide bonds. The van der Waals surface area contributed by atoms with E-state index in [4.69, 9.17) is 4.52 Å². The molecule has 2 aliphatic rings.